The smallest absolute Gasteiger partial charge is 0.240 e. The third-order valence-electron chi connectivity index (χ3n) is 5.58. The summed E-state index contributed by atoms with van der Waals surface area (Å²) in [6.45, 7) is 8.18. The monoisotopic (exact) mass is 475 g/mol. The molecule has 1 amide bonds. The van der Waals surface area contributed by atoms with E-state index in [2.05, 4.69) is 46.1 Å². The standard InChI is InChI=1S/C22H29N5O5S/c1-13(28)24-14-5-7-15(8-6-14)33(29,30)27-17-12-32-19-16(11-31-20(17)19)25-21-23-10-9-18(26-21)22(2,3)4/h5-10,16-17,19-20,27H,11-12H2,1-4H3,(H,24,28)(H,23,25,26)/t16-,17-,19+,20+/m0/s1. The average Bonchev–Trinajstić information content (AvgIpc) is 3.31. The minimum absolute atomic E-state index is 0.0973. The van der Waals surface area contributed by atoms with Crippen molar-refractivity contribution < 1.29 is 22.7 Å². The number of amides is 1. The van der Waals surface area contributed by atoms with Gasteiger partial charge >= 0.3 is 0 Å². The summed E-state index contributed by atoms with van der Waals surface area (Å²) in [5, 5.41) is 5.89. The van der Waals surface area contributed by atoms with E-state index < -0.39 is 22.2 Å². The molecular formula is C22H29N5O5S. The molecule has 0 bridgehead atoms. The number of ether oxygens (including phenoxy) is 2. The van der Waals surface area contributed by atoms with Gasteiger partial charge in [-0.05, 0) is 30.3 Å². The van der Waals surface area contributed by atoms with Crippen LogP contribution in [0.25, 0.3) is 0 Å². The fraction of sp³-hybridized carbons (Fsp3) is 0.500. The number of nitrogens with zero attached hydrogens (tertiary/aromatic N) is 2. The molecule has 33 heavy (non-hydrogen) atoms. The zero-order valence-electron chi connectivity index (χ0n) is 19.0. The normalized spacial score (nSPS) is 25.0. The Hall–Kier alpha value is -2.60. The molecule has 4 rings (SSSR count). The lowest BCUT2D eigenvalue weighted by molar-refractivity contribution is -0.114. The summed E-state index contributed by atoms with van der Waals surface area (Å²) >= 11 is 0. The van der Waals surface area contributed by atoms with Crippen LogP contribution in [-0.2, 0) is 29.7 Å². The summed E-state index contributed by atoms with van der Waals surface area (Å²) in [5.74, 6) is 0.263. The predicted molar refractivity (Wildman–Crippen MR) is 122 cm³/mol. The fourth-order valence-corrected chi connectivity index (χ4v) is 5.16. The zero-order chi connectivity index (χ0) is 23.8. The van der Waals surface area contributed by atoms with E-state index in [4.69, 9.17) is 9.47 Å². The van der Waals surface area contributed by atoms with Gasteiger partial charge in [0.1, 0.15) is 12.2 Å². The molecule has 11 heteroatoms. The number of hydrogen-bond donors (Lipinski definition) is 3. The summed E-state index contributed by atoms with van der Waals surface area (Å²) in [6, 6.07) is 7.14. The molecule has 10 nitrogen and oxygen atoms in total. The van der Waals surface area contributed by atoms with E-state index in [9.17, 15) is 13.2 Å². The molecule has 178 valence electrons. The highest BCUT2D eigenvalue weighted by Crippen LogP contribution is 2.30. The number of anilines is 2. The van der Waals surface area contributed by atoms with Gasteiger partial charge in [-0.15, -0.1) is 0 Å². The van der Waals surface area contributed by atoms with Crippen molar-refractivity contribution in [3.05, 3.63) is 42.2 Å². The van der Waals surface area contributed by atoms with E-state index in [0.29, 0.717) is 18.2 Å². The lowest BCUT2D eigenvalue weighted by atomic mass is 9.92. The maximum absolute atomic E-state index is 12.9. The second kappa shape index (κ2) is 8.98. The van der Waals surface area contributed by atoms with Gasteiger partial charge in [0.25, 0.3) is 0 Å². The Balaban J connectivity index is 1.40. The van der Waals surface area contributed by atoms with E-state index in [0.717, 1.165) is 5.69 Å². The lowest BCUT2D eigenvalue weighted by Crippen LogP contribution is -2.44. The molecule has 2 aliphatic rings. The molecule has 0 unspecified atom stereocenters. The fourth-order valence-electron chi connectivity index (χ4n) is 3.92. The molecule has 4 atom stereocenters. The maximum Gasteiger partial charge on any atom is 0.240 e. The number of fused-ring (bicyclic) bond motifs is 1. The first-order valence-electron chi connectivity index (χ1n) is 10.8. The van der Waals surface area contributed by atoms with Gasteiger partial charge in [0, 0.05) is 24.2 Å². The Morgan fingerprint density at radius 2 is 1.67 bits per heavy atom. The summed E-state index contributed by atoms with van der Waals surface area (Å²) in [7, 11) is -3.79. The van der Waals surface area contributed by atoms with E-state index >= 15 is 0 Å². The maximum atomic E-state index is 12.9. The van der Waals surface area contributed by atoms with Crippen LogP contribution in [0.4, 0.5) is 11.6 Å². The van der Waals surface area contributed by atoms with Gasteiger partial charge in [0.2, 0.25) is 21.9 Å². The summed E-state index contributed by atoms with van der Waals surface area (Å²) in [6.07, 6.45) is 0.954. The second-order valence-corrected chi connectivity index (χ2v) is 11.0. The van der Waals surface area contributed by atoms with Gasteiger partial charge in [-0.25, -0.2) is 23.1 Å². The number of sulfonamides is 1. The highest BCUT2D eigenvalue weighted by Gasteiger charge is 2.49. The molecule has 0 aliphatic carbocycles. The molecule has 2 aliphatic heterocycles. The van der Waals surface area contributed by atoms with Crippen molar-refractivity contribution >= 4 is 27.6 Å². The largest absolute Gasteiger partial charge is 0.371 e. The van der Waals surface area contributed by atoms with Crippen LogP contribution in [0.3, 0.4) is 0 Å². The van der Waals surface area contributed by atoms with Crippen molar-refractivity contribution in [1.29, 1.82) is 0 Å². The summed E-state index contributed by atoms with van der Waals surface area (Å²) in [5.41, 5.74) is 1.33. The molecule has 3 N–H and O–H groups in total. The van der Waals surface area contributed by atoms with Crippen molar-refractivity contribution in [3.8, 4) is 0 Å². The highest BCUT2D eigenvalue weighted by atomic mass is 32.2. The Labute approximate surface area is 193 Å². The zero-order valence-corrected chi connectivity index (χ0v) is 19.8. The van der Waals surface area contributed by atoms with E-state index in [1.165, 1.54) is 19.1 Å². The summed E-state index contributed by atoms with van der Waals surface area (Å²) < 4.78 is 40.2. The van der Waals surface area contributed by atoms with Crippen molar-refractivity contribution in [2.75, 3.05) is 23.8 Å². The number of carbonyl (C=O) groups is 1. The number of nitrogens with one attached hydrogen (secondary N) is 3. The average molecular weight is 476 g/mol. The molecule has 0 saturated carbocycles. The molecule has 1 aromatic heterocycles. The Bertz CT molecular complexity index is 1120. The Morgan fingerprint density at radius 1 is 1.03 bits per heavy atom. The Morgan fingerprint density at radius 3 is 2.30 bits per heavy atom. The van der Waals surface area contributed by atoms with E-state index in [1.54, 1.807) is 18.3 Å². The molecule has 2 aromatic rings. The van der Waals surface area contributed by atoms with Crippen molar-refractivity contribution in [2.24, 2.45) is 0 Å². The number of rotatable bonds is 6. The van der Waals surface area contributed by atoms with Crippen LogP contribution in [0.2, 0.25) is 0 Å². The number of benzene rings is 1. The van der Waals surface area contributed by atoms with Crippen LogP contribution in [0.15, 0.2) is 41.4 Å². The minimum atomic E-state index is -3.79. The van der Waals surface area contributed by atoms with Crippen LogP contribution < -0.4 is 15.4 Å². The van der Waals surface area contributed by atoms with Crippen molar-refractivity contribution in [2.45, 2.75) is 62.3 Å². The lowest BCUT2D eigenvalue weighted by Gasteiger charge is -2.21. The van der Waals surface area contributed by atoms with Crippen LogP contribution in [-0.4, -0.2) is 61.8 Å². The van der Waals surface area contributed by atoms with Gasteiger partial charge in [0.15, 0.2) is 0 Å². The molecule has 0 radical (unpaired) electrons. The van der Waals surface area contributed by atoms with Crippen molar-refractivity contribution in [1.82, 2.24) is 14.7 Å². The third kappa shape index (κ3) is 5.32. The third-order valence-corrected chi connectivity index (χ3v) is 7.09. The quantitative estimate of drug-likeness (QED) is 0.575. The molecule has 2 fully saturated rings. The van der Waals surface area contributed by atoms with Crippen LogP contribution >= 0.6 is 0 Å². The predicted octanol–water partition coefficient (Wildman–Crippen LogP) is 1.66. The number of aromatic nitrogens is 2. The van der Waals surface area contributed by atoms with Gasteiger partial charge in [0.05, 0.1) is 35.9 Å². The summed E-state index contributed by atoms with van der Waals surface area (Å²) in [4.78, 5) is 20.1. The molecule has 1 aromatic carbocycles. The minimum Gasteiger partial charge on any atom is -0.371 e. The number of carbonyl (C=O) groups excluding carboxylic acids is 1. The first-order chi connectivity index (χ1) is 15.5. The second-order valence-electron chi connectivity index (χ2n) is 9.30. The SMILES string of the molecule is CC(=O)Nc1ccc(S(=O)(=O)N[C@H]2CO[C@H]3[C@@H]2OC[C@@H]3Nc2nccc(C(C)(C)C)n2)cc1. The van der Waals surface area contributed by atoms with E-state index in [1.807, 2.05) is 6.07 Å². The first kappa shape index (κ1) is 23.6. The highest BCUT2D eigenvalue weighted by molar-refractivity contribution is 7.89. The van der Waals surface area contributed by atoms with E-state index in [-0.39, 0.29) is 35.0 Å². The topological polar surface area (TPSA) is 132 Å². The van der Waals surface area contributed by atoms with Crippen LogP contribution in [0, 0.1) is 0 Å². The van der Waals surface area contributed by atoms with Gasteiger partial charge in [-0.3, -0.25) is 4.79 Å². The molecule has 3 heterocycles. The van der Waals surface area contributed by atoms with Crippen molar-refractivity contribution in [3.63, 3.8) is 0 Å². The molecule has 0 spiro atoms. The molecule has 2 saturated heterocycles. The Kier molecular flexibility index (Phi) is 6.41. The van der Waals surface area contributed by atoms with Crippen LogP contribution in [0.1, 0.15) is 33.4 Å². The van der Waals surface area contributed by atoms with Crippen LogP contribution in [0.5, 0.6) is 0 Å². The first-order valence-corrected chi connectivity index (χ1v) is 12.2. The molecular weight excluding hydrogens is 446 g/mol. The number of hydrogen-bond acceptors (Lipinski definition) is 8. The van der Waals surface area contributed by atoms with Gasteiger partial charge < -0.3 is 20.1 Å². The van der Waals surface area contributed by atoms with Gasteiger partial charge in [-0.1, -0.05) is 20.8 Å². The van der Waals surface area contributed by atoms with Gasteiger partial charge in [-0.2, -0.15) is 0 Å².